The Kier molecular flexibility index (Phi) is 4.19. The second-order valence-electron chi connectivity index (χ2n) is 6.63. The third kappa shape index (κ3) is 2.73. The third-order valence-electron chi connectivity index (χ3n) is 4.16. The Morgan fingerprint density at radius 3 is 2.45 bits per heavy atom. The lowest BCUT2D eigenvalue weighted by molar-refractivity contribution is 0.158. The molecule has 1 aliphatic rings. The number of nitrogens with zero attached hydrogens (tertiary/aromatic N) is 3. The molecule has 3 nitrogen and oxygen atoms in total. The maximum absolute atomic E-state index is 4.47. The van der Waals surface area contributed by atoms with Crippen LogP contribution in [0.25, 0.3) is 0 Å². The van der Waals surface area contributed by atoms with Crippen LogP contribution in [-0.4, -0.2) is 33.0 Å². The number of allylic oxidation sites excluding steroid dienone is 1. The van der Waals surface area contributed by atoms with Crippen LogP contribution in [0, 0.1) is 0 Å². The van der Waals surface area contributed by atoms with Crippen molar-refractivity contribution in [3.05, 3.63) is 41.4 Å². The second-order valence-corrected chi connectivity index (χ2v) is 6.63. The van der Waals surface area contributed by atoms with Crippen molar-refractivity contribution < 1.29 is 0 Å². The summed E-state index contributed by atoms with van der Waals surface area (Å²) in [6.07, 6.45) is 1.88. The van der Waals surface area contributed by atoms with E-state index in [1.165, 1.54) is 11.3 Å². The van der Waals surface area contributed by atoms with Crippen LogP contribution in [0.3, 0.4) is 0 Å². The van der Waals surface area contributed by atoms with Crippen molar-refractivity contribution in [3.63, 3.8) is 0 Å². The summed E-state index contributed by atoms with van der Waals surface area (Å²) in [5.74, 6) is 0. The molecule has 1 aromatic heterocycles. The highest BCUT2D eigenvalue weighted by atomic mass is 15.4. The van der Waals surface area contributed by atoms with Crippen molar-refractivity contribution in [2.75, 3.05) is 6.67 Å². The molecule has 0 unspecified atom stereocenters. The second kappa shape index (κ2) is 5.57. The van der Waals surface area contributed by atoms with Crippen LogP contribution in [-0.2, 0) is 6.54 Å². The van der Waals surface area contributed by atoms with Crippen LogP contribution in [0.5, 0.6) is 0 Å². The van der Waals surface area contributed by atoms with E-state index in [1.807, 2.05) is 12.3 Å². The van der Waals surface area contributed by atoms with Crippen molar-refractivity contribution in [1.29, 1.82) is 0 Å². The Labute approximate surface area is 123 Å². The highest BCUT2D eigenvalue weighted by Crippen LogP contribution is 2.38. The molecular weight excluding hydrogens is 246 g/mol. The molecule has 1 aromatic rings. The molecule has 1 fully saturated rings. The standard InChI is InChI=1S/C17H27N3/c1-13(2)16-17(5,6)19(12-20(16)14(3)4)11-15-9-7-8-10-18-15/h7-10,14H,11-12H2,1-6H3. The average molecular weight is 273 g/mol. The Morgan fingerprint density at radius 2 is 2.00 bits per heavy atom. The topological polar surface area (TPSA) is 19.4 Å². The largest absolute Gasteiger partial charge is 0.358 e. The number of pyridine rings is 1. The van der Waals surface area contributed by atoms with Crippen LogP contribution < -0.4 is 0 Å². The zero-order chi connectivity index (χ0) is 14.9. The molecule has 0 spiro atoms. The monoisotopic (exact) mass is 273 g/mol. The number of hydrogen-bond acceptors (Lipinski definition) is 3. The summed E-state index contributed by atoms with van der Waals surface area (Å²) in [5, 5.41) is 0. The van der Waals surface area contributed by atoms with E-state index in [9.17, 15) is 0 Å². The molecule has 110 valence electrons. The van der Waals surface area contributed by atoms with E-state index < -0.39 is 0 Å². The first-order chi connectivity index (χ1) is 9.34. The predicted octanol–water partition coefficient (Wildman–Crippen LogP) is 3.64. The fourth-order valence-corrected chi connectivity index (χ4v) is 3.19. The summed E-state index contributed by atoms with van der Waals surface area (Å²) in [6, 6.07) is 6.66. The summed E-state index contributed by atoms with van der Waals surface area (Å²) in [7, 11) is 0. The SMILES string of the molecule is CC(C)=C1N(C(C)C)CN(Cc2ccccn2)C1(C)C. The van der Waals surface area contributed by atoms with Gasteiger partial charge in [-0.1, -0.05) is 11.6 Å². The lowest BCUT2D eigenvalue weighted by atomic mass is 9.95. The van der Waals surface area contributed by atoms with Gasteiger partial charge in [0.25, 0.3) is 0 Å². The molecule has 0 radical (unpaired) electrons. The van der Waals surface area contributed by atoms with Crippen LogP contribution in [0.15, 0.2) is 35.7 Å². The van der Waals surface area contributed by atoms with Crippen molar-refractivity contribution in [2.45, 2.75) is 59.7 Å². The minimum atomic E-state index is 0.0562. The first-order valence-electron chi connectivity index (χ1n) is 7.43. The van der Waals surface area contributed by atoms with Gasteiger partial charge in [0, 0.05) is 24.5 Å². The zero-order valence-corrected chi connectivity index (χ0v) is 13.6. The van der Waals surface area contributed by atoms with E-state index in [1.54, 1.807) is 0 Å². The van der Waals surface area contributed by atoms with Crippen molar-refractivity contribution in [2.24, 2.45) is 0 Å². The van der Waals surface area contributed by atoms with Crippen molar-refractivity contribution in [1.82, 2.24) is 14.8 Å². The summed E-state index contributed by atoms with van der Waals surface area (Å²) < 4.78 is 0. The molecule has 1 aliphatic heterocycles. The van der Waals surface area contributed by atoms with E-state index in [0.29, 0.717) is 6.04 Å². The molecule has 0 saturated carbocycles. The molecule has 0 amide bonds. The van der Waals surface area contributed by atoms with Crippen LogP contribution in [0.4, 0.5) is 0 Å². The molecule has 2 rings (SSSR count). The number of aromatic nitrogens is 1. The Hall–Kier alpha value is -1.35. The molecule has 1 saturated heterocycles. The van der Waals surface area contributed by atoms with Gasteiger partial charge in [0.05, 0.1) is 17.9 Å². The van der Waals surface area contributed by atoms with Crippen LogP contribution >= 0.6 is 0 Å². The fourth-order valence-electron chi connectivity index (χ4n) is 3.19. The minimum absolute atomic E-state index is 0.0562. The van der Waals surface area contributed by atoms with Gasteiger partial charge in [-0.3, -0.25) is 9.88 Å². The molecule has 0 aromatic carbocycles. The van der Waals surface area contributed by atoms with Crippen molar-refractivity contribution in [3.8, 4) is 0 Å². The van der Waals surface area contributed by atoms with E-state index >= 15 is 0 Å². The van der Waals surface area contributed by atoms with Gasteiger partial charge in [-0.05, 0) is 53.7 Å². The highest BCUT2D eigenvalue weighted by Gasteiger charge is 2.42. The van der Waals surface area contributed by atoms with Gasteiger partial charge in [0.2, 0.25) is 0 Å². The van der Waals surface area contributed by atoms with E-state index in [2.05, 4.69) is 68.5 Å². The summed E-state index contributed by atoms with van der Waals surface area (Å²) >= 11 is 0. The first-order valence-corrected chi connectivity index (χ1v) is 7.43. The molecule has 0 bridgehead atoms. The molecule has 0 atom stereocenters. The fraction of sp³-hybridized carbons (Fsp3) is 0.588. The summed E-state index contributed by atoms with van der Waals surface area (Å²) in [4.78, 5) is 9.50. The smallest absolute Gasteiger partial charge is 0.0718 e. The van der Waals surface area contributed by atoms with Gasteiger partial charge < -0.3 is 4.90 Å². The Morgan fingerprint density at radius 1 is 1.30 bits per heavy atom. The molecule has 0 aliphatic carbocycles. The quantitative estimate of drug-likeness (QED) is 0.838. The normalized spacial score (nSPS) is 18.9. The highest BCUT2D eigenvalue weighted by molar-refractivity contribution is 5.26. The van der Waals surface area contributed by atoms with Gasteiger partial charge in [-0.25, -0.2) is 0 Å². The third-order valence-corrected chi connectivity index (χ3v) is 4.16. The molecule has 20 heavy (non-hydrogen) atoms. The van der Waals surface area contributed by atoms with E-state index in [0.717, 1.165) is 18.9 Å². The van der Waals surface area contributed by atoms with Gasteiger partial charge >= 0.3 is 0 Å². The summed E-state index contributed by atoms with van der Waals surface area (Å²) in [6.45, 7) is 15.5. The van der Waals surface area contributed by atoms with Gasteiger partial charge in [0.1, 0.15) is 0 Å². The Balaban J connectivity index is 2.30. The number of hydrogen-bond donors (Lipinski definition) is 0. The maximum Gasteiger partial charge on any atom is 0.0718 e. The maximum atomic E-state index is 4.47. The zero-order valence-electron chi connectivity index (χ0n) is 13.6. The summed E-state index contributed by atoms with van der Waals surface area (Å²) in [5.41, 5.74) is 4.07. The van der Waals surface area contributed by atoms with Crippen LogP contribution in [0.2, 0.25) is 0 Å². The first kappa shape index (κ1) is 15.0. The lowest BCUT2D eigenvalue weighted by Gasteiger charge is -2.32. The van der Waals surface area contributed by atoms with Crippen LogP contribution in [0.1, 0.15) is 47.2 Å². The predicted molar refractivity (Wildman–Crippen MR) is 84.1 cm³/mol. The van der Waals surface area contributed by atoms with E-state index in [4.69, 9.17) is 0 Å². The van der Waals surface area contributed by atoms with Crippen molar-refractivity contribution >= 4 is 0 Å². The molecular formula is C17H27N3. The van der Waals surface area contributed by atoms with E-state index in [-0.39, 0.29) is 5.54 Å². The molecule has 2 heterocycles. The lowest BCUT2D eigenvalue weighted by Crippen LogP contribution is -2.39. The minimum Gasteiger partial charge on any atom is -0.358 e. The van der Waals surface area contributed by atoms with Gasteiger partial charge in [-0.15, -0.1) is 0 Å². The number of rotatable bonds is 3. The van der Waals surface area contributed by atoms with Gasteiger partial charge in [0.15, 0.2) is 0 Å². The van der Waals surface area contributed by atoms with Gasteiger partial charge in [-0.2, -0.15) is 0 Å². The molecule has 0 N–H and O–H groups in total. The average Bonchev–Trinajstić information content (AvgIpc) is 2.62. The molecule has 3 heteroatoms. The Bertz CT molecular complexity index is 484.